The zero-order chi connectivity index (χ0) is 24.9. The van der Waals surface area contributed by atoms with Gasteiger partial charge in [0, 0.05) is 0 Å². The lowest BCUT2D eigenvalue weighted by atomic mass is 10.1. The minimum Gasteiger partial charge on any atom is -0.507 e. The highest BCUT2D eigenvalue weighted by Crippen LogP contribution is 2.36. The largest absolute Gasteiger partial charge is 0.507 e. The maximum absolute atomic E-state index is 14.7. The van der Waals surface area contributed by atoms with Crippen LogP contribution in [0.2, 0.25) is 0 Å². The summed E-state index contributed by atoms with van der Waals surface area (Å²) in [6.45, 7) is 1.75. The first-order chi connectivity index (χ1) is 16.8. The Bertz CT molecular complexity index is 1500. The van der Waals surface area contributed by atoms with E-state index in [0.717, 1.165) is 35.7 Å². The SMILES string of the molecule is COC(=O)c1cc(F)c(-c2nc(-c3sc(CN4C(=O)c5ccccc5C4=O)nc3C)ns2)cc1O. The van der Waals surface area contributed by atoms with Crippen LogP contribution < -0.4 is 0 Å². The van der Waals surface area contributed by atoms with Crippen LogP contribution in [0, 0.1) is 12.7 Å². The number of carbonyl (C=O) groups is 3. The number of fused-ring (bicyclic) bond motifs is 1. The second-order valence-electron chi connectivity index (χ2n) is 7.53. The van der Waals surface area contributed by atoms with Gasteiger partial charge in [-0.15, -0.1) is 11.3 Å². The Morgan fingerprint density at radius 2 is 1.80 bits per heavy atom. The fourth-order valence-corrected chi connectivity index (χ4v) is 5.40. The molecule has 0 radical (unpaired) electrons. The zero-order valence-corrected chi connectivity index (χ0v) is 19.9. The second kappa shape index (κ2) is 8.64. The number of methoxy groups -OCH3 is 1. The van der Waals surface area contributed by atoms with Gasteiger partial charge in [-0.1, -0.05) is 12.1 Å². The topological polar surface area (TPSA) is 123 Å². The number of thiazole rings is 1. The third-order valence-electron chi connectivity index (χ3n) is 5.36. The number of nitrogens with zero attached hydrogens (tertiary/aromatic N) is 4. The molecule has 176 valence electrons. The lowest BCUT2D eigenvalue weighted by Gasteiger charge is -2.11. The smallest absolute Gasteiger partial charge is 0.341 e. The van der Waals surface area contributed by atoms with Crippen molar-refractivity contribution < 1.29 is 28.6 Å². The molecular weight excluding hydrogens is 495 g/mol. The number of halogens is 1. The van der Waals surface area contributed by atoms with Crippen molar-refractivity contribution in [3.63, 3.8) is 0 Å². The minimum atomic E-state index is -0.864. The summed E-state index contributed by atoms with van der Waals surface area (Å²) in [5.41, 5.74) is 0.998. The van der Waals surface area contributed by atoms with Gasteiger partial charge in [-0.25, -0.2) is 19.2 Å². The van der Waals surface area contributed by atoms with Crippen molar-refractivity contribution in [3.05, 3.63) is 69.6 Å². The van der Waals surface area contributed by atoms with E-state index >= 15 is 0 Å². The molecule has 4 aromatic rings. The number of benzene rings is 2. The first kappa shape index (κ1) is 22.7. The summed E-state index contributed by atoms with van der Waals surface area (Å²) in [5.74, 6) is -2.53. The fraction of sp³-hybridized carbons (Fsp3) is 0.130. The first-order valence-electron chi connectivity index (χ1n) is 10.1. The van der Waals surface area contributed by atoms with Gasteiger partial charge in [0.05, 0.1) is 40.9 Å². The van der Waals surface area contributed by atoms with E-state index in [2.05, 4.69) is 19.1 Å². The number of ether oxygens (including phenoxy) is 1. The van der Waals surface area contributed by atoms with Crippen LogP contribution in [0.25, 0.3) is 21.3 Å². The predicted molar refractivity (Wildman–Crippen MR) is 125 cm³/mol. The quantitative estimate of drug-likeness (QED) is 0.315. The Labute approximate surface area is 205 Å². The summed E-state index contributed by atoms with van der Waals surface area (Å²) >= 11 is 2.14. The van der Waals surface area contributed by atoms with Crippen molar-refractivity contribution in [1.82, 2.24) is 19.2 Å². The molecule has 0 atom stereocenters. The van der Waals surface area contributed by atoms with Gasteiger partial charge in [-0.05, 0) is 42.7 Å². The summed E-state index contributed by atoms with van der Waals surface area (Å²) in [5, 5.41) is 10.8. The van der Waals surface area contributed by atoms with Crippen molar-refractivity contribution in [2.75, 3.05) is 7.11 Å². The molecule has 0 fully saturated rings. The number of esters is 1. The summed E-state index contributed by atoms with van der Waals surface area (Å²) in [7, 11) is 1.13. The van der Waals surface area contributed by atoms with E-state index in [0.29, 0.717) is 32.5 Å². The highest BCUT2D eigenvalue weighted by molar-refractivity contribution is 7.15. The van der Waals surface area contributed by atoms with Gasteiger partial charge in [-0.2, -0.15) is 4.37 Å². The highest BCUT2D eigenvalue weighted by atomic mass is 32.1. The molecule has 0 unspecified atom stereocenters. The second-order valence-corrected chi connectivity index (χ2v) is 9.36. The lowest BCUT2D eigenvalue weighted by Crippen LogP contribution is -2.29. The summed E-state index contributed by atoms with van der Waals surface area (Å²) in [6, 6.07) is 8.62. The average Bonchev–Trinajstić information content (AvgIpc) is 3.54. The standard InChI is InChI=1S/C23H15FN4O5S2/c1-10-18(34-17(25-10)9-28-21(30)11-5-3-4-6-12(11)22(28)31)19-26-20(35-27-19)13-8-16(29)14(7-15(13)24)23(32)33-2/h3-8,29H,9H2,1-2H3. The van der Waals surface area contributed by atoms with Crippen LogP contribution in [0.1, 0.15) is 41.8 Å². The number of carbonyl (C=O) groups excluding carboxylic acids is 3. The lowest BCUT2D eigenvalue weighted by molar-refractivity contribution is 0.0594. The molecule has 2 aromatic heterocycles. The minimum absolute atomic E-state index is 0.00629. The van der Waals surface area contributed by atoms with E-state index in [-0.39, 0.29) is 34.5 Å². The molecule has 12 heteroatoms. The van der Waals surface area contributed by atoms with Crippen LogP contribution in [-0.2, 0) is 11.3 Å². The highest BCUT2D eigenvalue weighted by Gasteiger charge is 2.35. The van der Waals surface area contributed by atoms with Gasteiger partial charge in [0.15, 0.2) is 5.82 Å². The molecule has 2 aromatic carbocycles. The molecule has 0 spiro atoms. The van der Waals surface area contributed by atoms with Crippen LogP contribution in [-0.4, -0.2) is 49.2 Å². The zero-order valence-electron chi connectivity index (χ0n) is 18.2. The van der Waals surface area contributed by atoms with Crippen molar-refractivity contribution in [2.45, 2.75) is 13.5 Å². The van der Waals surface area contributed by atoms with Gasteiger partial charge in [0.25, 0.3) is 11.8 Å². The molecule has 9 nitrogen and oxygen atoms in total. The van der Waals surface area contributed by atoms with Crippen molar-refractivity contribution >= 4 is 40.7 Å². The number of rotatable bonds is 5. The van der Waals surface area contributed by atoms with Crippen LogP contribution >= 0.6 is 22.9 Å². The Hall–Kier alpha value is -4.03. The van der Waals surface area contributed by atoms with Gasteiger partial charge in [0.2, 0.25) is 0 Å². The van der Waals surface area contributed by atoms with Crippen molar-refractivity contribution in [3.8, 4) is 27.0 Å². The summed E-state index contributed by atoms with van der Waals surface area (Å²) < 4.78 is 23.5. The van der Waals surface area contributed by atoms with Gasteiger partial charge < -0.3 is 9.84 Å². The fourth-order valence-electron chi connectivity index (χ4n) is 3.67. The van der Waals surface area contributed by atoms with Crippen LogP contribution in [0.4, 0.5) is 4.39 Å². The Balaban J connectivity index is 1.41. The normalized spacial score (nSPS) is 12.8. The number of hydrogen-bond donors (Lipinski definition) is 1. The van der Waals surface area contributed by atoms with Crippen LogP contribution in [0.5, 0.6) is 5.75 Å². The van der Waals surface area contributed by atoms with E-state index in [4.69, 9.17) is 0 Å². The number of aromatic nitrogens is 3. The molecule has 0 aliphatic carbocycles. The van der Waals surface area contributed by atoms with Gasteiger partial charge >= 0.3 is 5.97 Å². The molecule has 35 heavy (non-hydrogen) atoms. The molecule has 1 aliphatic rings. The third kappa shape index (κ3) is 3.86. The van der Waals surface area contributed by atoms with E-state index in [1.54, 1.807) is 31.2 Å². The number of aromatic hydroxyl groups is 1. The maximum Gasteiger partial charge on any atom is 0.341 e. The molecule has 1 aliphatic heterocycles. The number of imide groups is 1. The summed E-state index contributed by atoms with van der Waals surface area (Å²) in [6.07, 6.45) is 0. The Morgan fingerprint density at radius 3 is 2.46 bits per heavy atom. The van der Waals surface area contributed by atoms with Gasteiger partial charge in [-0.3, -0.25) is 14.5 Å². The van der Waals surface area contributed by atoms with Crippen molar-refractivity contribution in [2.24, 2.45) is 0 Å². The molecular formula is C23H15FN4O5S2. The van der Waals surface area contributed by atoms with Crippen LogP contribution in [0.3, 0.4) is 0 Å². The molecule has 2 amide bonds. The van der Waals surface area contributed by atoms with E-state index < -0.39 is 17.5 Å². The molecule has 0 saturated heterocycles. The van der Waals surface area contributed by atoms with Gasteiger partial charge in [0.1, 0.15) is 27.1 Å². The monoisotopic (exact) mass is 510 g/mol. The Morgan fingerprint density at radius 1 is 1.11 bits per heavy atom. The average molecular weight is 511 g/mol. The number of phenolic OH excluding ortho intramolecular Hbond substituents is 1. The predicted octanol–water partition coefficient (Wildman–Crippen LogP) is 4.06. The number of aryl methyl sites for hydroxylation is 1. The molecule has 0 bridgehead atoms. The Kier molecular flexibility index (Phi) is 5.61. The molecule has 3 heterocycles. The number of phenols is 1. The maximum atomic E-state index is 14.7. The van der Waals surface area contributed by atoms with E-state index in [1.165, 1.54) is 11.3 Å². The molecule has 1 N–H and O–H groups in total. The number of hydrogen-bond acceptors (Lipinski definition) is 10. The summed E-state index contributed by atoms with van der Waals surface area (Å²) in [4.78, 5) is 47.6. The van der Waals surface area contributed by atoms with Crippen molar-refractivity contribution in [1.29, 1.82) is 0 Å². The third-order valence-corrected chi connectivity index (χ3v) is 7.25. The van der Waals surface area contributed by atoms with Crippen LogP contribution in [0.15, 0.2) is 36.4 Å². The molecule has 0 saturated carbocycles. The number of amides is 2. The first-order valence-corrected chi connectivity index (χ1v) is 11.7. The molecule has 5 rings (SSSR count). The van der Waals surface area contributed by atoms with E-state index in [9.17, 15) is 23.9 Å². The van der Waals surface area contributed by atoms with E-state index in [1.807, 2.05) is 0 Å².